The van der Waals surface area contributed by atoms with Crippen LogP contribution in [0.15, 0.2) is 11.4 Å². The number of thiophene rings is 1. The summed E-state index contributed by atoms with van der Waals surface area (Å²) in [5.41, 5.74) is 0.899. The Hall–Kier alpha value is -0.380. The maximum atomic E-state index is 10.2. The summed E-state index contributed by atoms with van der Waals surface area (Å²) in [4.78, 5) is 1.53. The van der Waals surface area contributed by atoms with Crippen LogP contribution in [-0.4, -0.2) is 17.3 Å². The number of aliphatic hydroxyl groups is 1. The highest BCUT2D eigenvalue weighted by atomic mass is 32.1. The molecule has 0 saturated carbocycles. The summed E-state index contributed by atoms with van der Waals surface area (Å²) >= 11 is 1.87. The number of hydrogen-bond acceptors (Lipinski definition) is 3. The van der Waals surface area contributed by atoms with Gasteiger partial charge in [-0.3, -0.25) is 0 Å². The summed E-state index contributed by atoms with van der Waals surface area (Å²) in [7, 11) is 0. The molecule has 1 heterocycles. The van der Waals surface area contributed by atoms with Gasteiger partial charge in [0.05, 0.1) is 5.60 Å². The monoisotopic (exact) mass is 253 g/mol. The van der Waals surface area contributed by atoms with E-state index >= 15 is 0 Å². The molecule has 17 heavy (non-hydrogen) atoms. The van der Waals surface area contributed by atoms with Crippen molar-refractivity contribution in [2.24, 2.45) is 0 Å². The Bertz CT molecular complexity index is 359. The fraction of sp³-hybridized carbons (Fsp3) is 0.714. The zero-order valence-corrected chi connectivity index (χ0v) is 11.6. The average molecular weight is 253 g/mol. The largest absolute Gasteiger partial charge is 0.389 e. The molecule has 3 heteroatoms. The van der Waals surface area contributed by atoms with Gasteiger partial charge in [0.15, 0.2) is 0 Å². The highest BCUT2D eigenvalue weighted by Gasteiger charge is 2.24. The minimum Gasteiger partial charge on any atom is -0.389 e. The van der Waals surface area contributed by atoms with Crippen LogP contribution in [0.25, 0.3) is 0 Å². The first-order chi connectivity index (χ1) is 8.12. The molecule has 2 N–H and O–H groups in total. The lowest BCUT2D eigenvalue weighted by molar-refractivity contribution is 0.0465. The molecule has 96 valence electrons. The third-order valence-corrected chi connectivity index (χ3v) is 4.57. The summed E-state index contributed by atoms with van der Waals surface area (Å²) in [6, 6.07) is 2.69. The summed E-state index contributed by atoms with van der Waals surface area (Å²) in [6.07, 6.45) is 5.59. The molecule has 1 aromatic rings. The van der Waals surface area contributed by atoms with Crippen molar-refractivity contribution in [1.29, 1.82) is 0 Å². The molecule has 2 rings (SSSR count). The first kappa shape index (κ1) is 13.1. The topological polar surface area (TPSA) is 32.3 Å². The molecule has 2 atom stereocenters. The lowest BCUT2D eigenvalue weighted by Gasteiger charge is -2.29. The second-order valence-corrected chi connectivity index (χ2v) is 6.37. The Kier molecular flexibility index (Phi) is 4.23. The maximum absolute atomic E-state index is 10.2. The highest BCUT2D eigenvalue weighted by molar-refractivity contribution is 7.10. The molecule has 0 fully saturated rings. The van der Waals surface area contributed by atoms with Gasteiger partial charge in [0, 0.05) is 17.5 Å². The molecule has 1 aliphatic carbocycles. The van der Waals surface area contributed by atoms with Gasteiger partial charge in [0.2, 0.25) is 0 Å². The fourth-order valence-corrected chi connectivity index (χ4v) is 3.66. The predicted molar refractivity (Wildman–Crippen MR) is 73.5 cm³/mol. The number of fused-ring (bicyclic) bond motifs is 1. The van der Waals surface area contributed by atoms with Gasteiger partial charge in [-0.1, -0.05) is 13.3 Å². The van der Waals surface area contributed by atoms with Crippen molar-refractivity contribution < 1.29 is 5.11 Å². The zero-order chi connectivity index (χ0) is 12.3. The van der Waals surface area contributed by atoms with E-state index in [1.165, 1.54) is 29.7 Å². The first-order valence-electron chi connectivity index (χ1n) is 6.64. The fourth-order valence-electron chi connectivity index (χ4n) is 2.67. The summed E-state index contributed by atoms with van der Waals surface area (Å²) in [5.74, 6) is 0. The normalized spacial score (nSPS) is 23.1. The van der Waals surface area contributed by atoms with Crippen molar-refractivity contribution in [1.82, 2.24) is 5.32 Å². The second kappa shape index (κ2) is 5.51. The molecule has 1 aromatic heterocycles. The summed E-state index contributed by atoms with van der Waals surface area (Å²) < 4.78 is 0. The smallest absolute Gasteiger partial charge is 0.0743 e. The van der Waals surface area contributed by atoms with Gasteiger partial charge in [0.1, 0.15) is 0 Å². The highest BCUT2D eigenvalue weighted by Crippen LogP contribution is 2.33. The Balaban J connectivity index is 1.93. The van der Waals surface area contributed by atoms with E-state index in [9.17, 15) is 5.11 Å². The first-order valence-corrected chi connectivity index (χ1v) is 7.52. The van der Waals surface area contributed by atoms with E-state index in [1.54, 1.807) is 0 Å². The molecule has 2 nitrogen and oxygen atoms in total. The predicted octanol–water partition coefficient (Wildman–Crippen LogP) is 3.27. The lowest BCUT2D eigenvalue weighted by Crippen LogP contribution is -2.40. The lowest BCUT2D eigenvalue weighted by atomic mass is 9.92. The molecular formula is C14H23NOS. The van der Waals surface area contributed by atoms with Crippen molar-refractivity contribution in [2.45, 2.75) is 57.6 Å². The van der Waals surface area contributed by atoms with Crippen molar-refractivity contribution >= 4 is 11.3 Å². The third-order valence-electron chi connectivity index (χ3n) is 3.57. The van der Waals surface area contributed by atoms with Crippen LogP contribution in [0.2, 0.25) is 0 Å². The van der Waals surface area contributed by atoms with Crippen molar-refractivity contribution in [3.05, 3.63) is 21.9 Å². The average Bonchev–Trinajstić information content (AvgIpc) is 2.74. The van der Waals surface area contributed by atoms with Gasteiger partial charge in [-0.2, -0.15) is 0 Å². The molecule has 0 saturated heterocycles. The molecule has 2 unspecified atom stereocenters. The zero-order valence-electron chi connectivity index (χ0n) is 10.8. The van der Waals surface area contributed by atoms with Crippen LogP contribution in [0.4, 0.5) is 0 Å². The van der Waals surface area contributed by atoms with Crippen molar-refractivity contribution in [3.63, 3.8) is 0 Å². The van der Waals surface area contributed by atoms with Gasteiger partial charge in [-0.25, -0.2) is 0 Å². The quantitative estimate of drug-likeness (QED) is 0.844. The van der Waals surface area contributed by atoms with Gasteiger partial charge < -0.3 is 10.4 Å². The van der Waals surface area contributed by atoms with Crippen LogP contribution < -0.4 is 5.32 Å². The number of nitrogens with one attached hydrogen (secondary N) is 1. The van der Waals surface area contributed by atoms with E-state index in [1.807, 2.05) is 18.3 Å². The third kappa shape index (κ3) is 3.30. The van der Waals surface area contributed by atoms with Crippen LogP contribution >= 0.6 is 11.3 Å². The molecule has 0 radical (unpaired) electrons. The van der Waals surface area contributed by atoms with Crippen LogP contribution in [0.5, 0.6) is 0 Å². The maximum Gasteiger partial charge on any atom is 0.0743 e. The Morgan fingerprint density at radius 2 is 2.41 bits per heavy atom. The van der Waals surface area contributed by atoms with E-state index in [2.05, 4.69) is 23.7 Å². The van der Waals surface area contributed by atoms with Gasteiger partial charge in [-0.05, 0) is 49.6 Å². The minimum atomic E-state index is -0.567. The second-order valence-electron chi connectivity index (χ2n) is 5.37. The van der Waals surface area contributed by atoms with Crippen LogP contribution in [0.1, 0.15) is 56.0 Å². The number of hydrogen-bond donors (Lipinski definition) is 2. The molecule has 0 spiro atoms. The van der Waals surface area contributed by atoms with Gasteiger partial charge in [0.25, 0.3) is 0 Å². The summed E-state index contributed by atoms with van der Waals surface area (Å²) in [6.45, 7) is 4.74. The van der Waals surface area contributed by atoms with Crippen LogP contribution in [0, 0.1) is 0 Å². The minimum absolute atomic E-state index is 0.452. The Labute approximate surface area is 108 Å². The molecule has 0 amide bonds. The van der Waals surface area contributed by atoms with Crippen molar-refractivity contribution in [3.8, 4) is 0 Å². The standard InChI is InChI=1S/C14H23NOS/c1-3-8-14(2,16)10-15-12-5-4-6-13-11(12)7-9-17-13/h7,9,12,15-16H,3-6,8,10H2,1-2H3. The molecular weight excluding hydrogens is 230 g/mol. The summed E-state index contributed by atoms with van der Waals surface area (Å²) in [5, 5.41) is 15.9. The van der Waals surface area contributed by atoms with Gasteiger partial charge in [-0.15, -0.1) is 11.3 Å². The van der Waals surface area contributed by atoms with E-state index in [4.69, 9.17) is 0 Å². The molecule has 0 bridgehead atoms. The van der Waals surface area contributed by atoms with Crippen molar-refractivity contribution in [2.75, 3.05) is 6.54 Å². The number of aryl methyl sites for hydroxylation is 1. The Morgan fingerprint density at radius 1 is 1.59 bits per heavy atom. The van der Waals surface area contributed by atoms with Crippen LogP contribution in [0.3, 0.4) is 0 Å². The van der Waals surface area contributed by atoms with Gasteiger partial charge >= 0.3 is 0 Å². The van der Waals surface area contributed by atoms with E-state index in [0.29, 0.717) is 12.6 Å². The molecule has 0 aliphatic heterocycles. The van der Waals surface area contributed by atoms with E-state index < -0.39 is 5.60 Å². The van der Waals surface area contributed by atoms with E-state index in [-0.39, 0.29) is 0 Å². The molecule has 0 aromatic carbocycles. The molecule has 1 aliphatic rings. The van der Waals surface area contributed by atoms with Crippen LogP contribution in [-0.2, 0) is 6.42 Å². The van der Waals surface area contributed by atoms with E-state index in [0.717, 1.165) is 12.8 Å². The Morgan fingerprint density at radius 3 is 3.18 bits per heavy atom. The SMILES string of the molecule is CCCC(C)(O)CNC1CCCc2sccc21. The number of rotatable bonds is 5.